The lowest BCUT2D eigenvalue weighted by molar-refractivity contribution is 0.628. The van der Waals surface area contributed by atoms with Gasteiger partial charge in [-0.05, 0) is 35.2 Å². The fourth-order valence-electron chi connectivity index (χ4n) is 2.28. The summed E-state index contributed by atoms with van der Waals surface area (Å²) in [4.78, 5) is 0. The molecule has 0 fully saturated rings. The van der Waals surface area contributed by atoms with Crippen LogP contribution in [0.5, 0.6) is 0 Å². The first-order chi connectivity index (χ1) is 9.16. The molecule has 0 heterocycles. The van der Waals surface area contributed by atoms with Crippen LogP contribution in [0, 0.1) is 5.82 Å². The molecule has 19 heavy (non-hydrogen) atoms. The third-order valence-corrected chi connectivity index (χ3v) is 3.50. The Balaban J connectivity index is 2.34. The summed E-state index contributed by atoms with van der Waals surface area (Å²) in [6.07, 6.45) is 0. The quantitative estimate of drug-likeness (QED) is 0.627. The molecule has 0 saturated carbocycles. The van der Waals surface area contributed by atoms with Crippen molar-refractivity contribution in [2.24, 2.45) is 0 Å². The van der Waals surface area contributed by atoms with Crippen LogP contribution in [-0.2, 0) is 0 Å². The van der Waals surface area contributed by atoms with Gasteiger partial charge in [0, 0.05) is 21.7 Å². The van der Waals surface area contributed by atoms with Crippen LogP contribution >= 0.6 is 11.6 Å². The Morgan fingerprint density at radius 1 is 0.842 bits per heavy atom. The molecular formula is C16H11ClFN. The molecule has 3 heteroatoms. The number of halogens is 2. The van der Waals surface area contributed by atoms with Gasteiger partial charge in [0.25, 0.3) is 0 Å². The predicted molar refractivity (Wildman–Crippen MR) is 78.8 cm³/mol. The maximum atomic E-state index is 13.1. The van der Waals surface area contributed by atoms with Crippen molar-refractivity contribution in [2.75, 3.05) is 5.73 Å². The lowest BCUT2D eigenvalue weighted by atomic mass is 9.97. The minimum atomic E-state index is -0.334. The molecule has 0 aliphatic heterocycles. The summed E-state index contributed by atoms with van der Waals surface area (Å²) in [5.41, 5.74) is 8.10. The fourth-order valence-corrected chi connectivity index (χ4v) is 2.50. The van der Waals surface area contributed by atoms with Gasteiger partial charge in [-0.15, -0.1) is 0 Å². The predicted octanol–water partition coefficient (Wildman–Crippen LogP) is 4.88. The van der Waals surface area contributed by atoms with Crippen molar-refractivity contribution in [1.82, 2.24) is 0 Å². The second kappa shape index (κ2) is 4.56. The standard InChI is InChI=1S/C16H11ClFN/c17-15-8-7-12(11-3-1-2-4-13(11)15)14-6-5-10(18)9-16(14)19/h1-9H,19H2. The van der Waals surface area contributed by atoms with E-state index >= 15 is 0 Å². The van der Waals surface area contributed by atoms with Crippen molar-refractivity contribution >= 4 is 28.1 Å². The summed E-state index contributed by atoms with van der Waals surface area (Å²) in [5, 5.41) is 2.67. The van der Waals surface area contributed by atoms with Crippen molar-refractivity contribution in [3.05, 3.63) is 65.4 Å². The molecule has 2 N–H and O–H groups in total. The smallest absolute Gasteiger partial charge is 0.125 e. The molecule has 0 aliphatic carbocycles. The van der Waals surface area contributed by atoms with E-state index in [0.29, 0.717) is 10.7 Å². The highest BCUT2D eigenvalue weighted by atomic mass is 35.5. The SMILES string of the molecule is Nc1cc(F)ccc1-c1ccc(Cl)c2ccccc12. The normalized spacial score (nSPS) is 10.8. The van der Waals surface area contributed by atoms with E-state index in [0.717, 1.165) is 21.9 Å². The molecule has 3 rings (SSSR count). The van der Waals surface area contributed by atoms with Crippen molar-refractivity contribution in [1.29, 1.82) is 0 Å². The third-order valence-electron chi connectivity index (χ3n) is 3.17. The number of rotatable bonds is 1. The molecule has 0 bridgehead atoms. The highest BCUT2D eigenvalue weighted by Crippen LogP contribution is 2.35. The van der Waals surface area contributed by atoms with E-state index in [9.17, 15) is 4.39 Å². The first-order valence-electron chi connectivity index (χ1n) is 5.89. The van der Waals surface area contributed by atoms with Gasteiger partial charge in [0.15, 0.2) is 0 Å². The maximum absolute atomic E-state index is 13.1. The van der Waals surface area contributed by atoms with Gasteiger partial charge in [-0.25, -0.2) is 4.39 Å². The molecule has 1 nitrogen and oxygen atoms in total. The van der Waals surface area contributed by atoms with Crippen LogP contribution < -0.4 is 5.73 Å². The van der Waals surface area contributed by atoms with Crippen molar-refractivity contribution < 1.29 is 4.39 Å². The first kappa shape index (κ1) is 12.0. The van der Waals surface area contributed by atoms with Crippen LogP contribution in [0.2, 0.25) is 5.02 Å². The van der Waals surface area contributed by atoms with Gasteiger partial charge in [-0.2, -0.15) is 0 Å². The Kier molecular flexibility index (Phi) is 2.88. The molecule has 3 aromatic rings. The van der Waals surface area contributed by atoms with Crippen LogP contribution in [0.3, 0.4) is 0 Å². The van der Waals surface area contributed by atoms with E-state index in [1.807, 2.05) is 36.4 Å². The molecule has 0 aliphatic rings. The van der Waals surface area contributed by atoms with Crippen LogP contribution in [0.4, 0.5) is 10.1 Å². The number of anilines is 1. The van der Waals surface area contributed by atoms with Gasteiger partial charge >= 0.3 is 0 Å². The Bertz CT molecular complexity index is 768. The lowest BCUT2D eigenvalue weighted by Gasteiger charge is -2.10. The zero-order valence-corrected chi connectivity index (χ0v) is 10.8. The van der Waals surface area contributed by atoms with E-state index in [1.165, 1.54) is 12.1 Å². The Morgan fingerprint density at radius 2 is 1.53 bits per heavy atom. The molecule has 0 atom stereocenters. The minimum absolute atomic E-state index is 0.334. The number of hydrogen-bond donors (Lipinski definition) is 1. The monoisotopic (exact) mass is 271 g/mol. The topological polar surface area (TPSA) is 26.0 Å². The van der Waals surface area contributed by atoms with Crippen LogP contribution in [-0.4, -0.2) is 0 Å². The van der Waals surface area contributed by atoms with Gasteiger partial charge < -0.3 is 5.73 Å². The molecule has 0 spiro atoms. The molecule has 3 aromatic carbocycles. The Labute approximate surface area is 115 Å². The Morgan fingerprint density at radius 3 is 2.26 bits per heavy atom. The highest BCUT2D eigenvalue weighted by molar-refractivity contribution is 6.36. The van der Waals surface area contributed by atoms with Crippen LogP contribution in [0.15, 0.2) is 54.6 Å². The summed E-state index contributed by atoms with van der Waals surface area (Å²) in [6.45, 7) is 0. The fraction of sp³-hybridized carbons (Fsp3) is 0. The van der Waals surface area contributed by atoms with E-state index in [2.05, 4.69) is 0 Å². The molecule has 94 valence electrons. The van der Waals surface area contributed by atoms with Gasteiger partial charge in [-0.1, -0.05) is 41.9 Å². The van der Waals surface area contributed by atoms with Gasteiger partial charge in [0.1, 0.15) is 5.82 Å². The van der Waals surface area contributed by atoms with Crippen molar-refractivity contribution in [3.8, 4) is 11.1 Å². The Hall–Kier alpha value is -2.06. The molecule has 0 amide bonds. The zero-order valence-electron chi connectivity index (χ0n) is 10.0. The molecule has 0 radical (unpaired) electrons. The molecule has 0 unspecified atom stereocenters. The van der Waals surface area contributed by atoms with Gasteiger partial charge in [0.05, 0.1) is 0 Å². The number of benzene rings is 3. The largest absolute Gasteiger partial charge is 0.398 e. The van der Waals surface area contributed by atoms with Crippen molar-refractivity contribution in [3.63, 3.8) is 0 Å². The van der Waals surface area contributed by atoms with E-state index in [-0.39, 0.29) is 5.82 Å². The summed E-state index contributed by atoms with van der Waals surface area (Å²) in [5.74, 6) is -0.334. The molecule has 0 aromatic heterocycles. The summed E-state index contributed by atoms with van der Waals surface area (Å²) in [6, 6.07) is 16.0. The summed E-state index contributed by atoms with van der Waals surface area (Å²) >= 11 is 6.19. The van der Waals surface area contributed by atoms with Crippen LogP contribution in [0.25, 0.3) is 21.9 Å². The summed E-state index contributed by atoms with van der Waals surface area (Å²) < 4.78 is 13.1. The maximum Gasteiger partial charge on any atom is 0.125 e. The van der Waals surface area contributed by atoms with Gasteiger partial charge in [-0.3, -0.25) is 0 Å². The van der Waals surface area contributed by atoms with Gasteiger partial charge in [0.2, 0.25) is 0 Å². The number of nitrogens with two attached hydrogens (primary N) is 1. The lowest BCUT2D eigenvalue weighted by Crippen LogP contribution is -1.92. The second-order valence-corrected chi connectivity index (χ2v) is 4.78. The highest BCUT2D eigenvalue weighted by Gasteiger charge is 2.09. The first-order valence-corrected chi connectivity index (χ1v) is 6.27. The zero-order chi connectivity index (χ0) is 13.4. The minimum Gasteiger partial charge on any atom is -0.398 e. The number of fused-ring (bicyclic) bond motifs is 1. The third kappa shape index (κ3) is 2.04. The van der Waals surface area contributed by atoms with E-state index in [4.69, 9.17) is 17.3 Å². The number of hydrogen-bond acceptors (Lipinski definition) is 1. The average molecular weight is 272 g/mol. The molecule has 0 saturated heterocycles. The van der Waals surface area contributed by atoms with E-state index < -0.39 is 0 Å². The number of nitrogen functional groups attached to an aromatic ring is 1. The van der Waals surface area contributed by atoms with Crippen molar-refractivity contribution in [2.45, 2.75) is 0 Å². The second-order valence-electron chi connectivity index (χ2n) is 4.37. The molecular weight excluding hydrogens is 261 g/mol. The average Bonchev–Trinajstić information content (AvgIpc) is 2.41. The van der Waals surface area contributed by atoms with Crippen LogP contribution in [0.1, 0.15) is 0 Å². The summed E-state index contributed by atoms with van der Waals surface area (Å²) in [7, 11) is 0. The van der Waals surface area contributed by atoms with E-state index in [1.54, 1.807) is 6.07 Å².